The standard InChI is InChI=1S/C27H35FN6O3/c1-16(2)34-14-21-24(26(34)36)30-27(33-11-9-32(10-12-33)18(4)35)31-25(21)29-17(3)20-7-8-23(22(28)13-20)37-15-19-5-6-19/h7-8,13,16-17,19H,5-6,9-12,14-15H2,1-4H3,(H,29,30,31). The van der Waals surface area contributed by atoms with E-state index in [-0.39, 0.29) is 35.5 Å². The minimum atomic E-state index is -0.384. The lowest BCUT2D eigenvalue weighted by Crippen LogP contribution is -2.48. The molecule has 1 N–H and O–H groups in total. The molecule has 1 aromatic carbocycles. The highest BCUT2D eigenvalue weighted by molar-refractivity contribution is 5.98. The van der Waals surface area contributed by atoms with Gasteiger partial charge in [0.1, 0.15) is 11.5 Å². The van der Waals surface area contributed by atoms with Crippen LogP contribution in [0.2, 0.25) is 0 Å². The summed E-state index contributed by atoms with van der Waals surface area (Å²) in [5.41, 5.74) is 1.91. The molecule has 1 saturated heterocycles. The number of aromatic nitrogens is 2. The summed E-state index contributed by atoms with van der Waals surface area (Å²) < 4.78 is 20.4. The molecule has 5 rings (SSSR count). The largest absolute Gasteiger partial charge is 0.490 e. The number of nitrogens with one attached hydrogen (secondary N) is 1. The van der Waals surface area contributed by atoms with Crippen molar-refractivity contribution in [2.75, 3.05) is 43.0 Å². The molecular formula is C27H35FN6O3. The average Bonchev–Trinajstić information content (AvgIpc) is 3.64. The molecule has 3 aliphatic rings. The summed E-state index contributed by atoms with van der Waals surface area (Å²) in [5, 5.41) is 3.42. The number of piperazine rings is 1. The van der Waals surface area contributed by atoms with Crippen molar-refractivity contribution >= 4 is 23.6 Å². The Labute approximate surface area is 217 Å². The maximum atomic E-state index is 14.8. The number of halogens is 1. The van der Waals surface area contributed by atoms with Crippen molar-refractivity contribution in [2.45, 2.75) is 59.2 Å². The van der Waals surface area contributed by atoms with Gasteiger partial charge < -0.3 is 24.8 Å². The van der Waals surface area contributed by atoms with Crippen molar-refractivity contribution in [1.82, 2.24) is 19.8 Å². The molecule has 1 aromatic heterocycles. The predicted octanol–water partition coefficient (Wildman–Crippen LogP) is 3.61. The number of ether oxygens (including phenoxy) is 1. The topological polar surface area (TPSA) is 90.9 Å². The highest BCUT2D eigenvalue weighted by atomic mass is 19.1. The van der Waals surface area contributed by atoms with Gasteiger partial charge in [0.05, 0.1) is 19.2 Å². The van der Waals surface area contributed by atoms with Gasteiger partial charge in [-0.2, -0.15) is 4.98 Å². The van der Waals surface area contributed by atoms with E-state index in [0.717, 1.165) is 24.0 Å². The third kappa shape index (κ3) is 5.33. The zero-order chi connectivity index (χ0) is 26.3. The molecule has 2 aromatic rings. The molecule has 0 radical (unpaired) electrons. The first-order valence-corrected chi connectivity index (χ1v) is 13.1. The molecule has 1 saturated carbocycles. The Balaban J connectivity index is 1.39. The lowest BCUT2D eigenvalue weighted by molar-refractivity contribution is -0.129. The number of hydrogen-bond donors (Lipinski definition) is 1. The molecule has 2 amide bonds. The minimum absolute atomic E-state index is 0.0202. The SMILES string of the molecule is CC(=O)N1CCN(c2nc(NC(C)c3ccc(OCC4CC4)c(F)c3)c3c(n2)C(=O)N(C(C)C)C3)CC1. The zero-order valence-electron chi connectivity index (χ0n) is 22.0. The fourth-order valence-corrected chi connectivity index (χ4v) is 4.76. The van der Waals surface area contributed by atoms with E-state index in [4.69, 9.17) is 9.72 Å². The molecule has 0 spiro atoms. The van der Waals surface area contributed by atoms with E-state index in [1.54, 1.807) is 22.8 Å². The van der Waals surface area contributed by atoms with Gasteiger partial charge in [-0.15, -0.1) is 0 Å². The van der Waals surface area contributed by atoms with Crippen LogP contribution in [0.5, 0.6) is 5.75 Å². The van der Waals surface area contributed by atoms with Gasteiger partial charge >= 0.3 is 0 Å². The van der Waals surface area contributed by atoms with Crippen LogP contribution in [0.15, 0.2) is 18.2 Å². The molecule has 0 bridgehead atoms. The van der Waals surface area contributed by atoms with Gasteiger partial charge in [-0.25, -0.2) is 9.37 Å². The Morgan fingerprint density at radius 1 is 1.16 bits per heavy atom. The van der Waals surface area contributed by atoms with Crippen molar-refractivity contribution in [3.05, 3.63) is 40.8 Å². The summed E-state index contributed by atoms with van der Waals surface area (Å²) in [4.78, 5) is 40.0. The van der Waals surface area contributed by atoms with Crippen LogP contribution in [0.4, 0.5) is 16.2 Å². The predicted molar refractivity (Wildman–Crippen MR) is 138 cm³/mol. The molecular weight excluding hydrogens is 475 g/mol. The fourth-order valence-electron chi connectivity index (χ4n) is 4.76. The Morgan fingerprint density at radius 2 is 1.89 bits per heavy atom. The van der Waals surface area contributed by atoms with Crippen LogP contribution in [0, 0.1) is 11.7 Å². The summed E-state index contributed by atoms with van der Waals surface area (Å²) in [6.07, 6.45) is 2.30. The smallest absolute Gasteiger partial charge is 0.273 e. The van der Waals surface area contributed by atoms with E-state index in [2.05, 4.69) is 10.3 Å². The molecule has 1 atom stereocenters. The molecule has 1 unspecified atom stereocenters. The van der Waals surface area contributed by atoms with E-state index in [9.17, 15) is 14.0 Å². The summed E-state index contributed by atoms with van der Waals surface area (Å²) in [6.45, 7) is 10.8. The van der Waals surface area contributed by atoms with Crippen LogP contribution in [0.25, 0.3) is 0 Å². The lowest BCUT2D eigenvalue weighted by Gasteiger charge is -2.34. The summed E-state index contributed by atoms with van der Waals surface area (Å²) in [5.74, 6) is 1.41. The Morgan fingerprint density at radius 3 is 2.51 bits per heavy atom. The van der Waals surface area contributed by atoms with E-state index in [0.29, 0.717) is 62.7 Å². The molecule has 37 heavy (non-hydrogen) atoms. The van der Waals surface area contributed by atoms with E-state index in [1.165, 1.54) is 6.07 Å². The number of benzene rings is 1. The molecule has 10 heteroatoms. The van der Waals surface area contributed by atoms with Gasteiger partial charge in [0.15, 0.2) is 11.6 Å². The summed E-state index contributed by atoms with van der Waals surface area (Å²) in [7, 11) is 0. The van der Waals surface area contributed by atoms with Gasteiger partial charge in [-0.3, -0.25) is 9.59 Å². The number of carbonyl (C=O) groups is 2. The van der Waals surface area contributed by atoms with Gasteiger partial charge in [0.25, 0.3) is 5.91 Å². The molecule has 9 nitrogen and oxygen atoms in total. The van der Waals surface area contributed by atoms with E-state index < -0.39 is 0 Å². The van der Waals surface area contributed by atoms with E-state index >= 15 is 0 Å². The molecule has 3 heterocycles. The zero-order valence-corrected chi connectivity index (χ0v) is 22.0. The third-order valence-corrected chi connectivity index (χ3v) is 7.40. The number of rotatable bonds is 8. The fraction of sp³-hybridized carbons (Fsp3) is 0.556. The van der Waals surface area contributed by atoms with Crippen LogP contribution in [0.1, 0.15) is 68.2 Å². The van der Waals surface area contributed by atoms with Crippen LogP contribution in [0.3, 0.4) is 0 Å². The van der Waals surface area contributed by atoms with Crippen molar-refractivity contribution in [1.29, 1.82) is 0 Å². The number of fused-ring (bicyclic) bond motifs is 1. The van der Waals surface area contributed by atoms with Crippen molar-refractivity contribution in [2.24, 2.45) is 5.92 Å². The monoisotopic (exact) mass is 510 g/mol. The van der Waals surface area contributed by atoms with Gasteiger partial charge in [-0.1, -0.05) is 6.07 Å². The normalized spacial score (nSPS) is 18.3. The second kappa shape index (κ2) is 10.1. The quantitative estimate of drug-likeness (QED) is 0.580. The Bertz CT molecular complexity index is 1190. The number of nitrogens with zero attached hydrogens (tertiary/aromatic N) is 5. The maximum Gasteiger partial charge on any atom is 0.273 e. The average molecular weight is 511 g/mol. The van der Waals surface area contributed by atoms with Crippen LogP contribution >= 0.6 is 0 Å². The van der Waals surface area contributed by atoms with Crippen molar-refractivity contribution < 1.29 is 18.7 Å². The summed E-state index contributed by atoms with van der Waals surface area (Å²) >= 11 is 0. The molecule has 198 valence electrons. The van der Waals surface area contributed by atoms with Crippen molar-refractivity contribution in [3.8, 4) is 5.75 Å². The highest BCUT2D eigenvalue weighted by Gasteiger charge is 2.35. The van der Waals surface area contributed by atoms with Gasteiger partial charge in [-0.05, 0) is 57.2 Å². The first-order chi connectivity index (χ1) is 17.7. The van der Waals surface area contributed by atoms with Crippen LogP contribution < -0.4 is 15.0 Å². The molecule has 2 aliphatic heterocycles. The third-order valence-electron chi connectivity index (χ3n) is 7.40. The first-order valence-electron chi connectivity index (χ1n) is 13.1. The van der Waals surface area contributed by atoms with Crippen LogP contribution in [-0.4, -0.2) is 70.4 Å². The maximum absolute atomic E-state index is 14.8. The van der Waals surface area contributed by atoms with Gasteiger partial charge in [0, 0.05) is 44.7 Å². The minimum Gasteiger partial charge on any atom is -0.490 e. The van der Waals surface area contributed by atoms with Crippen LogP contribution in [-0.2, 0) is 11.3 Å². The highest BCUT2D eigenvalue weighted by Crippen LogP contribution is 2.34. The molecule has 2 fully saturated rings. The first kappa shape index (κ1) is 25.2. The number of hydrogen-bond acceptors (Lipinski definition) is 7. The second-order valence-electron chi connectivity index (χ2n) is 10.5. The summed E-state index contributed by atoms with van der Waals surface area (Å²) in [6, 6.07) is 4.79. The number of anilines is 2. The second-order valence-corrected chi connectivity index (χ2v) is 10.5. The Hall–Kier alpha value is -3.43. The number of carbonyl (C=O) groups excluding carboxylic acids is 2. The van der Waals surface area contributed by atoms with E-state index in [1.807, 2.05) is 31.7 Å². The molecule has 1 aliphatic carbocycles. The lowest BCUT2D eigenvalue weighted by atomic mass is 10.1. The Kier molecular flexibility index (Phi) is 6.92. The van der Waals surface area contributed by atoms with Crippen molar-refractivity contribution in [3.63, 3.8) is 0 Å². The number of amides is 2. The van der Waals surface area contributed by atoms with Gasteiger partial charge in [0.2, 0.25) is 11.9 Å².